The van der Waals surface area contributed by atoms with Crippen LogP contribution in [0, 0.1) is 0 Å². The normalized spacial score (nSPS) is 11.9. The molecule has 7 nitrogen and oxygen atoms in total. The topological polar surface area (TPSA) is 89.2 Å². The second-order valence-corrected chi connectivity index (χ2v) is 5.63. The highest BCUT2D eigenvalue weighted by atomic mass is 19.4. The number of halogens is 6. The summed E-state index contributed by atoms with van der Waals surface area (Å²) in [5, 5.41) is 3.24. The molecule has 0 fully saturated rings. The van der Waals surface area contributed by atoms with Crippen LogP contribution in [0.5, 0.6) is 0 Å². The van der Waals surface area contributed by atoms with Gasteiger partial charge in [0.15, 0.2) is 0 Å². The van der Waals surface area contributed by atoms with Crippen LogP contribution in [0.3, 0.4) is 0 Å². The predicted molar refractivity (Wildman–Crippen MR) is 86.1 cm³/mol. The van der Waals surface area contributed by atoms with Gasteiger partial charge in [-0.1, -0.05) is 5.16 Å². The molecule has 0 aromatic carbocycles. The smallest absolute Gasteiger partial charge is 0.338 e. The third-order valence-electron chi connectivity index (χ3n) is 3.76. The van der Waals surface area contributed by atoms with E-state index >= 15 is 0 Å². The van der Waals surface area contributed by atoms with E-state index in [0.717, 1.165) is 24.7 Å². The van der Waals surface area contributed by atoms with E-state index in [-0.39, 0.29) is 4.90 Å². The van der Waals surface area contributed by atoms with Crippen molar-refractivity contribution in [2.75, 3.05) is 4.90 Å². The largest absolute Gasteiger partial charge is 0.417 e. The third-order valence-corrected chi connectivity index (χ3v) is 3.76. The first-order chi connectivity index (χ1) is 14.0. The standard InChI is InChI=1S/C17H8F6N4O3/c18-16(19,20)11-1-4-24-7-9(11)14(28)27(13-3-6-26-30-13)15(29)10-8-25-5-2-12(10)17(21,22)23/h1-8H. The van der Waals surface area contributed by atoms with Crippen LogP contribution in [0.1, 0.15) is 31.8 Å². The van der Waals surface area contributed by atoms with Crippen molar-refractivity contribution in [3.63, 3.8) is 0 Å². The Labute approximate surface area is 162 Å². The summed E-state index contributed by atoms with van der Waals surface area (Å²) in [5.41, 5.74) is -5.04. The van der Waals surface area contributed by atoms with E-state index in [1.807, 2.05) is 0 Å². The Bertz CT molecular complexity index is 1010. The number of rotatable bonds is 3. The summed E-state index contributed by atoms with van der Waals surface area (Å²) in [6.45, 7) is 0. The number of hydrogen-bond acceptors (Lipinski definition) is 6. The molecule has 0 atom stereocenters. The van der Waals surface area contributed by atoms with Crippen molar-refractivity contribution in [2.24, 2.45) is 0 Å². The molecule has 3 heterocycles. The first kappa shape index (κ1) is 21.0. The number of carbonyl (C=O) groups is 2. The molecule has 2 amide bonds. The Balaban J connectivity index is 2.17. The van der Waals surface area contributed by atoms with Gasteiger partial charge >= 0.3 is 12.4 Å². The lowest BCUT2D eigenvalue weighted by Gasteiger charge is -2.21. The Morgan fingerprint density at radius 3 is 1.60 bits per heavy atom. The Kier molecular flexibility index (Phi) is 5.29. The van der Waals surface area contributed by atoms with Crippen LogP contribution < -0.4 is 4.90 Å². The van der Waals surface area contributed by atoms with Crippen molar-refractivity contribution in [3.05, 3.63) is 71.4 Å². The van der Waals surface area contributed by atoms with Crippen LogP contribution >= 0.6 is 0 Å². The lowest BCUT2D eigenvalue weighted by Crippen LogP contribution is -2.39. The maximum absolute atomic E-state index is 13.3. The number of carbonyl (C=O) groups excluding carboxylic acids is 2. The van der Waals surface area contributed by atoms with Crippen LogP contribution in [0.2, 0.25) is 0 Å². The maximum atomic E-state index is 13.3. The molecule has 13 heteroatoms. The molecule has 3 rings (SSSR count). The molecule has 0 saturated heterocycles. The van der Waals surface area contributed by atoms with Crippen LogP contribution in [0.15, 0.2) is 53.7 Å². The molecule has 0 aliphatic heterocycles. The molecule has 3 aromatic heterocycles. The zero-order valence-electron chi connectivity index (χ0n) is 14.4. The number of hydrogen-bond donors (Lipinski definition) is 0. The van der Waals surface area contributed by atoms with Crippen molar-refractivity contribution < 1.29 is 40.5 Å². The monoisotopic (exact) mass is 430 g/mol. The first-order valence-electron chi connectivity index (χ1n) is 7.83. The average Bonchev–Trinajstić information content (AvgIpc) is 3.21. The minimum atomic E-state index is -5.00. The fourth-order valence-electron chi connectivity index (χ4n) is 2.48. The van der Waals surface area contributed by atoms with E-state index < -0.39 is 52.3 Å². The lowest BCUT2D eigenvalue weighted by molar-refractivity contribution is -0.138. The Hall–Kier alpha value is -3.77. The molecule has 0 radical (unpaired) electrons. The van der Waals surface area contributed by atoms with Gasteiger partial charge in [-0.2, -0.15) is 26.3 Å². The van der Waals surface area contributed by atoms with E-state index in [9.17, 15) is 35.9 Å². The van der Waals surface area contributed by atoms with Gasteiger partial charge in [-0.05, 0) is 12.1 Å². The zero-order chi connectivity index (χ0) is 22.1. The molecule has 156 valence electrons. The van der Waals surface area contributed by atoms with Crippen molar-refractivity contribution >= 4 is 17.7 Å². The number of anilines is 1. The van der Waals surface area contributed by atoms with Crippen LogP contribution in [0.25, 0.3) is 0 Å². The average molecular weight is 430 g/mol. The zero-order valence-corrected chi connectivity index (χ0v) is 14.4. The molecular weight excluding hydrogens is 422 g/mol. The maximum Gasteiger partial charge on any atom is 0.417 e. The Morgan fingerprint density at radius 2 is 1.23 bits per heavy atom. The highest BCUT2D eigenvalue weighted by Gasteiger charge is 2.41. The molecule has 0 spiro atoms. The highest BCUT2D eigenvalue weighted by molar-refractivity contribution is 6.25. The second-order valence-electron chi connectivity index (χ2n) is 5.63. The quantitative estimate of drug-likeness (QED) is 0.461. The number of alkyl halides is 6. The Morgan fingerprint density at radius 1 is 0.767 bits per heavy atom. The van der Waals surface area contributed by atoms with Gasteiger partial charge in [-0.15, -0.1) is 0 Å². The van der Waals surface area contributed by atoms with Crippen molar-refractivity contribution in [3.8, 4) is 0 Å². The van der Waals surface area contributed by atoms with Gasteiger partial charge < -0.3 is 4.52 Å². The molecular formula is C17H8F6N4O3. The van der Waals surface area contributed by atoms with Crippen LogP contribution in [-0.4, -0.2) is 26.9 Å². The molecule has 0 saturated carbocycles. The summed E-state index contributed by atoms with van der Waals surface area (Å²) in [5.74, 6) is -3.93. The van der Waals surface area contributed by atoms with Gasteiger partial charge in [0.2, 0.25) is 5.88 Å². The molecule has 0 N–H and O–H groups in total. The van der Waals surface area contributed by atoms with Gasteiger partial charge in [0.05, 0.1) is 28.5 Å². The van der Waals surface area contributed by atoms with E-state index in [2.05, 4.69) is 19.6 Å². The molecule has 0 aliphatic rings. The molecule has 0 bridgehead atoms. The number of amides is 2. The lowest BCUT2D eigenvalue weighted by atomic mass is 10.1. The van der Waals surface area contributed by atoms with Crippen molar-refractivity contribution in [2.45, 2.75) is 12.4 Å². The number of pyridine rings is 2. The van der Waals surface area contributed by atoms with E-state index in [1.54, 1.807) is 0 Å². The summed E-state index contributed by atoms with van der Waals surface area (Å²) in [4.78, 5) is 32.6. The second kappa shape index (κ2) is 7.57. The number of nitrogens with zero attached hydrogens (tertiary/aromatic N) is 4. The van der Waals surface area contributed by atoms with E-state index in [0.29, 0.717) is 24.5 Å². The summed E-state index contributed by atoms with van der Waals surface area (Å²) in [6, 6.07) is 1.89. The molecule has 30 heavy (non-hydrogen) atoms. The van der Waals surface area contributed by atoms with Gasteiger partial charge in [0, 0.05) is 30.9 Å². The van der Waals surface area contributed by atoms with Gasteiger partial charge in [-0.3, -0.25) is 19.6 Å². The van der Waals surface area contributed by atoms with Gasteiger partial charge in [-0.25, -0.2) is 4.90 Å². The fourth-order valence-corrected chi connectivity index (χ4v) is 2.48. The summed E-state index contributed by atoms with van der Waals surface area (Å²) >= 11 is 0. The van der Waals surface area contributed by atoms with E-state index in [1.165, 1.54) is 0 Å². The van der Waals surface area contributed by atoms with Crippen molar-refractivity contribution in [1.29, 1.82) is 0 Å². The highest BCUT2D eigenvalue weighted by Crippen LogP contribution is 2.35. The molecule has 0 unspecified atom stereocenters. The fraction of sp³-hybridized carbons (Fsp3) is 0.118. The molecule has 3 aromatic rings. The summed E-state index contributed by atoms with van der Waals surface area (Å²) < 4.78 is 84.3. The summed E-state index contributed by atoms with van der Waals surface area (Å²) in [7, 11) is 0. The first-order valence-corrected chi connectivity index (χ1v) is 7.83. The van der Waals surface area contributed by atoms with Gasteiger partial charge in [0.1, 0.15) is 0 Å². The van der Waals surface area contributed by atoms with Crippen LogP contribution in [-0.2, 0) is 12.4 Å². The minimum Gasteiger partial charge on any atom is -0.338 e. The van der Waals surface area contributed by atoms with Gasteiger partial charge in [0.25, 0.3) is 11.8 Å². The van der Waals surface area contributed by atoms with Crippen molar-refractivity contribution in [1.82, 2.24) is 15.1 Å². The number of imide groups is 1. The number of aromatic nitrogens is 3. The SMILES string of the molecule is O=C(c1cnccc1C(F)(F)F)N(C(=O)c1cnccc1C(F)(F)F)c1ccno1. The predicted octanol–water partition coefficient (Wildman–Crippen LogP) is 3.99. The molecule has 0 aliphatic carbocycles. The summed E-state index contributed by atoms with van der Waals surface area (Å²) in [6.07, 6.45) is -6.45. The third kappa shape index (κ3) is 3.99. The van der Waals surface area contributed by atoms with Crippen LogP contribution in [0.4, 0.5) is 32.2 Å². The van der Waals surface area contributed by atoms with E-state index in [4.69, 9.17) is 0 Å². The minimum absolute atomic E-state index is 0.00546.